The maximum absolute atomic E-state index is 14.8. The number of fused-ring (bicyclic) bond motifs is 5. The van der Waals surface area contributed by atoms with Crippen molar-refractivity contribution in [2.24, 2.45) is 16.7 Å². The molecule has 2 bridgehead atoms. The van der Waals surface area contributed by atoms with Crippen LogP contribution in [0.15, 0.2) is 41.5 Å². The Balaban J connectivity index is 1.84. The molecule has 0 radical (unpaired) electrons. The van der Waals surface area contributed by atoms with E-state index in [1.54, 1.807) is 39.0 Å². The Morgan fingerprint density at radius 2 is 1.64 bits per heavy atom. The fourth-order valence-electron chi connectivity index (χ4n) is 7.91. The molecule has 11 heteroatoms. The highest BCUT2D eigenvalue weighted by Gasteiger charge is 2.78. The first-order chi connectivity index (χ1) is 19.5. The van der Waals surface area contributed by atoms with Gasteiger partial charge in [0.15, 0.2) is 17.5 Å². The molecular formula is C31H38O11. The van der Waals surface area contributed by atoms with Gasteiger partial charge in [-0.15, -0.1) is 0 Å². The van der Waals surface area contributed by atoms with E-state index in [9.17, 15) is 34.5 Å². The third kappa shape index (κ3) is 4.08. The minimum Gasteiger partial charge on any atom is -0.455 e. The SMILES string of the molecule is CC(=O)OC1C(=O)C2(C)C(O)CC3OC[C@@]3(OC(C)=O)[C@H]2[C@H](OC(=O)c2ccccc2)C2(O)C[C@H](O)C(C)=C1C2(C)C. The molecule has 1 aliphatic heterocycles. The number of hydrogen-bond acceptors (Lipinski definition) is 11. The molecule has 1 heterocycles. The summed E-state index contributed by atoms with van der Waals surface area (Å²) in [7, 11) is 0. The lowest BCUT2D eigenvalue weighted by Gasteiger charge is -2.67. The third-order valence-electron chi connectivity index (χ3n) is 10.2. The van der Waals surface area contributed by atoms with E-state index < -0.39 is 82.2 Å². The predicted molar refractivity (Wildman–Crippen MR) is 145 cm³/mol. The van der Waals surface area contributed by atoms with Gasteiger partial charge in [-0.2, -0.15) is 0 Å². The summed E-state index contributed by atoms with van der Waals surface area (Å²) in [6.07, 6.45) is -7.27. The van der Waals surface area contributed by atoms with Crippen LogP contribution in [0.25, 0.3) is 0 Å². The number of ketones is 1. The van der Waals surface area contributed by atoms with Crippen molar-refractivity contribution in [3.05, 3.63) is 47.0 Å². The molecule has 42 heavy (non-hydrogen) atoms. The van der Waals surface area contributed by atoms with Crippen LogP contribution in [-0.4, -0.2) is 87.3 Å². The molecule has 4 aliphatic rings. The minimum atomic E-state index is -2.11. The second kappa shape index (κ2) is 9.97. The van der Waals surface area contributed by atoms with Gasteiger partial charge in [0, 0.05) is 32.1 Å². The first kappa shape index (κ1) is 30.3. The molecule has 5 rings (SSSR count). The van der Waals surface area contributed by atoms with Crippen LogP contribution < -0.4 is 0 Å². The summed E-state index contributed by atoms with van der Waals surface area (Å²) >= 11 is 0. The molecule has 2 saturated carbocycles. The Morgan fingerprint density at radius 1 is 1.00 bits per heavy atom. The van der Waals surface area contributed by atoms with Crippen molar-refractivity contribution in [2.75, 3.05) is 6.61 Å². The molecule has 0 spiro atoms. The Morgan fingerprint density at radius 3 is 2.19 bits per heavy atom. The molecule has 3 N–H and O–H groups in total. The number of aliphatic hydroxyl groups excluding tert-OH is 2. The summed E-state index contributed by atoms with van der Waals surface area (Å²) in [5.41, 5.74) is -6.38. The fourth-order valence-corrected chi connectivity index (χ4v) is 7.91. The molecule has 3 aliphatic carbocycles. The second-order valence-corrected chi connectivity index (χ2v) is 12.8. The van der Waals surface area contributed by atoms with Gasteiger partial charge in [0.1, 0.15) is 17.8 Å². The van der Waals surface area contributed by atoms with E-state index in [0.717, 1.165) is 6.92 Å². The number of esters is 3. The maximum Gasteiger partial charge on any atom is 0.338 e. The van der Waals surface area contributed by atoms with Crippen LogP contribution in [0.3, 0.4) is 0 Å². The van der Waals surface area contributed by atoms with Crippen molar-refractivity contribution in [3.63, 3.8) is 0 Å². The van der Waals surface area contributed by atoms with Crippen molar-refractivity contribution in [2.45, 2.75) is 96.1 Å². The van der Waals surface area contributed by atoms with E-state index in [2.05, 4.69) is 0 Å². The van der Waals surface area contributed by atoms with Crippen molar-refractivity contribution in [1.82, 2.24) is 0 Å². The largest absolute Gasteiger partial charge is 0.455 e. The lowest BCUT2D eigenvalue weighted by Crippen LogP contribution is -2.81. The summed E-state index contributed by atoms with van der Waals surface area (Å²) in [4.78, 5) is 53.4. The lowest BCUT2D eigenvalue weighted by molar-refractivity contribution is -0.345. The van der Waals surface area contributed by atoms with E-state index in [0.29, 0.717) is 5.57 Å². The average molecular weight is 587 g/mol. The fraction of sp³-hybridized carbons (Fsp3) is 0.613. The number of rotatable bonds is 4. The zero-order chi connectivity index (χ0) is 31.0. The van der Waals surface area contributed by atoms with E-state index in [1.165, 1.54) is 26.0 Å². The number of hydrogen-bond donors (Lipinski definition) is 3. The quantitative estimate of drug-likeness (QED) is 0.267. The Bertz CT molecular complexity index is 1350. The molecule has 11 nitrogen and oxygen atoms in total. The molecule has 1 aromatic carbocycles. The van der Waals surface area contributed by atoms with Crippen molar-refractivity contribution >= 4 is 23.7 Å². The number of carbonyl (C=O) groups is 4. The number of ether oxygens (including phenoxy) is 4. The molecule has 228 valence electrons. The predicted octanol–water partition coefficient (Wildman–Crippen LogP) is 1.65. The van der Waals surface area contributed by atoms with Gasteiger partial charge >= 0.3 is 17.9 Å². The molecule has 1 saturated heterocycles. The topological polar surface area (TPSA) is 166 Å². The highest BCUT2D eigenvalue weighted by molar-refractivity contribution is 5.95. The number of carbonyl (C=O) groups excluding carboxylic acids is 4. The standard InChI is InChI=1S/C31H38O11/c1-15-19(34)13-31(38)26(41-27(37)18-10-8-7-9-11-18)24-29(6,20(35)12-21-30(24,14-39-21)42-17(3)33)25(36)23(40-16(2)32)22(15)28(31,4)5/h7-11,19-21,23-24,26,34-35,38H,12-14H2,1-6H3/t19-,20?,21?,23?,24-,26-,29?,30-,31?/m0/s1. The van der Waals surface area contributed by atoms with Crippen molar-refractivity contribution in [3.8, 4) is 0 Å². The Kier molecular flexibility index (Phi) is 7.20. The first-order valence-electron chi connectivity index (χ1n) is 14.1. The van der Waals surface area contributed by atoms with Gasteiger partial charge < -0.3 is 34.3 Å². The second-order valence-electron chi connectivity index (χ2n) is 12.8. The Labute approximate surface area is 243 Å². The van der Waals surface area contributed by atoms with Crippen molar-refractivity contribution in [1.29, 1.82) is 0 Å². The molecule has 0 aromatic heterocycles. The zero-order valence-corrected chi connectivity index (χ0v) is 24.6. The molecule has 5 unspecified atom stereocenters. The van der Waals surface area contributed by atoms with Gasteiger partial charge in [0.05, 0.1) is 35.7 Å². The van der Waals surface area contributed by atoms with E-state index in [-0.39, 0.29) is 30.6 Å². The van der Waals surface area contributed by atoms with Crippen LogP contribution in [0.5, 0.6) is 0 Å². The summed E-state index contributed by atoms with van der Waals surface area (Å²) in [6, 6.07) is 8.05. The van der Waals surface area contributed by atoms with Gasteiger partial charge in [0.2, 0.25) is 0 Å². The molecule has 3 fully saturated rings. The highest BCUT2D eigenvalue weighted by atomic mass is 16.6. The number of Topliss-reactive ketones (excluding diaryl/α,β-unsaturated/α-hetero) is 1. The monoisotopic (exact) mass is 586 g/mol. The molecule has 1 aromatic rings. The van der Waals surface area contributed by atoms with Gasteiger partial charge in [-0.3, -0.25) is 14.4 Å². The normalized spacial score (nSPS) is 40.4. The average Bonchev–Trinajstić information content (AvgIpc) is 2.90. The Hall–Kier alpha value is -3.12. The van der Waals surface area contributed by atoms with Crippen LogP contribution in [0.4, 0.5) is 0 Å². The van der Waals surface area contributed by atoms with Gasteiger partial charge in [0.25, 0.3) is 0 Å². The molecule has 0 amide bonds. The summed E-state index contributed by atoms with van der Waals surface area (Å²) < 4.78 is 23.5. The van der Waals surface area contributed by atoms with Gasteiger partial charge in [-0.25, -0.2) is 4.79 Å². The van der Waals surface area contributed by atoms with E-state index in [1.807, 2.05) is 0 Å². The molecule has 9 atom stereocenters. The smallest absolute Gasteiger partial charge is 0.338 e. The molecular weight excluding hydrogens is 548 g/mol. The van der Waals surface area contributed by atoms with Crippen LogP contribution in [0, 0.1) is 16.7 Å². The highest BCUT2D eigenvalue weighted by Crippen LogP contribution is 2.64. The van der Waals surface area contributed by atoms with E-state index in [4.69, 9.17) is 18.9 Å². The van der Waals surface area contributed by atoms with Gasteiger partial charge in [-0.05, 0) is 37.1 Å². The third-order valence-corrected chi connectivity index (χ3v) is 10.2. The summed E-state index contributed by atoms with van der Waals surface area (Å²) in [6.45, 7) is 8.42. The van der Waals surface area contributed by atoms with Crippen LogP contribution in [0.2, 0.25) is 0 Å². The number of benzene rings is 1. The summed E-state index contributed by atoms with van der Waals surface area (Å²) in [5, 5.41) is 35.8. The maximum atomic E-state index is 14.8. The zero-order valence-electron chi connectivity index (χ0n) is 24.6. The lowest BCUT2D eigenvalue weighted by atomic mass is 9.44. The van der Waals surface area contributed by atoms with Crippen molar-refractivity contribution < 1.29 is 53.4 Å². The van der Waals surface area contributed by atoms with E-state index >= 15 is 0 Å². The van der Waals surface area contributed by atoms with Crippen LogP contribution >= 0.6 is 0 Å². The minimum absolute atomic E-state index is 0.110. The van der Waals surface area contributed by atoms with Crippen LogP contribution in [0.1, 0.15) is 64.7 Å². The summed E-state index contributed by atoms with van der Waals surface area (Å²) in [5.74, 6) is -4.41. The van der Waals surface area contributed by atoms with Crippen LogP contribution in [-0.2, 0) is 33.3 Å². The van der Waals surface area contributed by atoms with Gasteiger partial charge in [-0.1, -0.05) is 32.0 Å². The first-order valence-corrected chi connectivity index (χ1v) is 14.1. The number of aliphatic hydroxyl groups is 3.